The van der Waals surface area contributed by atoms with Crippen LogP contribution < -0.4 is 0 Å². The Morgan fingerprint density at radius 2 is 1.96 bits per heavy atom. The molecule has 6 nitrogen and oxygen atoms in total. The van der Waals surface area contributed by atoms with Crippen LogP contribution in [0.2, 0.25) is 0 Å². The number of rotatable bonds is 5. The van der Waals surface area contributed by atoms with E-state index in [1.165, 1.54) is 11.3 Å². The molecule has 0 bridgehead atoms. The van der Waals surface area contributed by atoms with Crippen LogP contribution in [-0.4, -0.2) is 43.6 Å². The van der Waals surface area contributed by atoms with Crippen LogP contribution in [0.15, 0.2) is 55.1 Å². The molecule has 26 heavy (non-hydrogen) atoms. The van der Waals surface area contributed by atoms with Crippen LogP contribution in [0.4, 0.5) is 0 Å². The number of hydrogen-bond donors (Lipinski definition) is 1. The molecule has 0 unspecified atom stereocenters. The van der Waals surface area contributed by atoms with Crippen molar-refractivity contribution in [2.24, 2.45) is 0 Å². The van der Waals surface area contributed by atoms with Crippen LogP contribution in [0.1, 0.15) is 35.7 Å². The minimum absolute atomic E-state index is 0.183. The van der Waals surface area contributed by atoms with Gasteiger partial charge in [-0.05, 0) is 24.5 Å². The summed E-state index contributed by atoms with van der Waals surface area (Å²) in [6.07, 6.45) is 7.77. The molecular weight excluding hydrogens is 326 g/mol. The molecule has 0 atom stereocenters. The highest BCUT2D eigenvalue weighted by Gasteiger charge is 2.25. The maximum absolute atomic E-state index is 12.7. The minimum atomic E-state index is 0.183. The molecule has 1 amide bonds. The summed E-state index contributed by atoms with van der Waals surface area (Å²) in [5.41, 5.74) is 3.35. The van der Waals surface area contributed by atoms with Crippen molar-refractivity contribution in [2.45, 2.75) is 31.7 Å². The van der Waals surface area contributed by atoms with Crippen molar-refractivity contribution in [3.63, 3.8) is 0 Å². The third-order valence-corrected chi connectivity index (χ3v) is 5.14. The highest BCUT2D eigenvalue weighted by atomic mass is 16.2. The molecule has 1 fully saturated rings. The summed E-state index contributed by atoms with van der Waals surface area (Å²) in [5.74, 6) is 0.660. The van der Waals surface area contributed by atoms with Gasteiger partial charge in [0.15, 0.2) is 0 Å². The van der Waals surface area contributed by atoms with Gasteiger partial charge in [0.05, 0.1) is 12.7 Å². The topological polar surface area (TPSA) is 66.8 Å². The molecule has 3 heterocycles. The predicted octanol–water partition coefficient (Wildman–Crippen LogP) is 2.60. The summed E-state index contributed by atoms with van der Waals surface area (Å²) in [4.78, 5) is 19.0. The Balaban J connectivity index is 1.35. The van der Waals surface area contributed by atoms with E-state index in [0.717, 1.165) is 38.2 Å². The molecule has 4 rings (SSSR count). The van der Waals surface area contributed by atoms with Crippen LogP contribution in [0, 0.1) is 0 Å². The van der Waals surface area contributed by atoms with Gasteiger partial charge in [0, 0.05) is 49.3 Å². The number of carbonyl (C=O) groups excluding carboxylic acids is 1. The van der Waals surface area contributed by atoms with Crippen molar-refractivity contribution in [1.29, 1.82) is 0 Å². The summed E-state index contributed by atoms with van der Waals surface area (Å²) in [6, 6.07) is 12.3. The lowest BCUT2D eigenvalue weighted by atomic mass is 9.93. The first-order valence-electron chi connectivity index (χ1n) is 9.09. The Labute approximate surface area is 152 Å². The number of carbonyl (C=O) groups is 1. The molecule has 1 aliphatic heterocycles. The molecular formula is C20H23N5O. The van der Waals surface area contributed by atoms with Gasteiger partial charge in [-0.15, -0.1) is 0 Å². The average Bonchev–Trinajstić information content (AvgIpc) is 3.35. The Morgan fingerprint density at radius 1 is 1.15 bits per heavy atom. The van der Waals surface area contributed by atoms with E-state index in [-0.39, 0.29) is 5.91 Å². The Kier molecular flexibility index (Phi) is 4.82. The van der Waals surface area contributed by atoms with Gasteiger partial charge < -0.3 is 9.47 Å². The third kappa shape index (κ3) is 3.69. The predicted molar refractivity (Wildman–Crippen MR) is 98.6 cm³/mol. The molecule has 1 aromatic carbocycles. The standard InChI is InChI=1S/C20H23N5O/c26-20(24-10-7-17(8-11-24)19-6-9-22-23-19)12-18-13-21-15-25(18)14-16-4-2-1-3-5-16/h1-6,9,13,15,17H,7-8,10-12,14H2,(H,22,23). The van der Waals surface area contributed by atoms with E-state index in [1.54, 1.807) is 18.7 Å². The fraction of sp³-hybridized carbons (Fsp3) is 0.350. The first-order chi connectivity index (χ1) is 12.8. The van der Waals surface area contributed by atoms with Crippen LogP contribution in [0.3, 0.4) is 0 Å². The Morgan fingerprint density at radius 3 is 2.69 bits per heavy atom. The van der Waals surface area contributed by atoms with Crippen LogP contribution in [-0.2, 0) is 17.8 Å². The fourth-order valence-corrected chi connectivity index (χ4v) is 3.62. The molecule has 0 aliphatic carbocycles. The normalized spacial score (nSPS) is 15.3. The zero-order valence-corrected chi connectivity index (χ0v) is 14.7. The SMILES string of the molecule is O=C(Cc1cncn1Cc1ccccc1)N1CCC(c2ccn[nH]2)CC1. The van der Waals surface area contributed by atoms with Gasteiger partial charge in [-0.1, -0.05) is 30.3 Å². The van der Waals surface area contributed by atoms with Gasteiger partial charge in [-0.25, -0.2) is 4.98 Å². The minimum Gasteiger partial charge on any atom is -0.342 e. The lowest BCUT2D eigenvalue weighted by Gasteiger charge is -2.31. The number of aromatic amines is 1. The lowest BCUT2D eigenvalue weighted by Crippen LogP contribution is -2.39. The number of hydrogen-bond acceptors (Lipinski definition) is 3. The molecule has 134 valence electrons. The monoisotopic (exact) mass is 349 g/mol. The molecule has 2 aromatic heterocycles. The van der Waals surface area contributed by atoms with E-state index in [0.29, 0.717) is 12.3 Å². The van der Waals surface area contributed by atoms with Crippen molar-refractivity contribution in [1.82, 2.24) is 24.6 Å². The van der Waals surface area contributed by atoms with Gasteiger partial charge in [-0.3, -0.25) is 9.89 Å². The van der Waals surface area contributed by atoms with Crippen molar-refractivity contribution in [3.05, 3.63) is 72.1 Å². The lowest BCUT2D eigenvalue weighted by molar-refractivity contribution is -0.131. The van der Waals surface area contributed by atoms with E-state index in [1.807, 2.05) is 29.2 Å². The zero-order valence-electron chi connectivity index (χ0n) is 14.7. The number of benzene rings is 1. The van der Waals surface area contributed by atoms with E-state index in [4.69, 9.17) is 0 Å². The van der Waals surface area contributed by atoms with Crippen molar-refractivity contribution < 1.29 is 4.79 Å². The quantitative estimate of drug-likeness (QED) is 0.770. The molecule has 1 saturated heterocycles. The number of imidazole rings is 1. The zero-order chi connectivity index (χ0) is 17.8. The van der Waals surface area contributed by atoms with Gasteiger partial charge in [0.2, 0.25) is 5.91 Å². The number of piperidine rings is 1. The van der Waals surface area contributed by atoms with Crippen molar-refractivity contribution >= 4 is 5.91 Å². The maximum atomic E-state index is 12.7. The Hall–Kier alpha value is -2.89. The Bertz CT molecular complexity index is 832. The van der Waals surface area contributed by atoms with E-state index < -0.39 is 0 Å². The summed E-state index contributed by atoms with van der Waals surface area (Å²) in [7, 11) is 0. The van der Waals surface area contributed by atoms with Crippen molar-refractivity contribution in [2.75, 3.05) is 13.1 Å². The second-order valence-electron chi connectivity index (χ2n) is 6.84. The molecule has 6 heteroatoms. The number of amides is 1. The maximum Gasteiger partial charge on any atom is 0.228 e. The van der Waals surface area contributed by atoms with E-state index in [9.17, 15) is 4.79 Å². The number of H-pyrrole nitrogens is 1. The van der Waals surface area contributed by atoms with Gasteiger partial charge in [0.1, 0.15) is 0 Å². The van der Waals surface area contributed by atoms with Crippen molar-refractivity contribution in [3.8, 4) is 0 Å². The number of nitrogens with one attached hydrogen (secondary N) is 1. The second kappa shape index (κ2) is 7.56. The van der Waals surface area contributed by atoms with E-state index >= 15 is 0 Å². The molecule has 0 saturated carbocycles. The number of aromatic nitrogens is 4. The van der Waals surface area contributed by atoms with Gasteiger partial charge >= 0.3 is 0 Å². The van der Waals surface area contributed by atoms with Crippen LogP contribution >= 0.6 is 0 Å². The largest absolute Gasteiger partial charge is 0.342 e. The molecule has 0 spiro atoms. The smallest absolute Gasteiger partial charge is 0.228 e. The summed E-state index contributed by atoms with van der Waals surface area (Å²) in [6.45, 7) is 2.34. The molecule has 0 radical (unpaired) electrons. The van der Waals surface area contributed by atoms with Crippen LogP contribution in [0.5, 0.6) is 0 Å². The first kappa shape index (κ1) is 16.6. The van der Waals surface area contributed by atoms with Crippen LogP contribution in [0.25, 0.3) is 0 Å². The van der Waals surface area contributed by atoms with E-state index in [2.05, 4.69) is 31.9 Å². The van der Waals surface area contributed by atoms with Gasteiger partial charge in [-0.2, -0.15) is 5.10 Å². The average molecular weight is 349 g/mol. The molecule has 3 aromatic rings. The highest BCUT2D eigenvalue weighted by Crippen LogP contribution is 2.26. The summed E-state index contributed by atoms with van der Waals surface area (Å²) < 4.78 is 2.06. The first-order valence-corrected chi connectivity index (χ1v) is 9.09. The third-order valence-electron chi connectivity index (χ3n) is 5.14. The van der Waals surface area contributed by atoms with Gasteiger partial charge in [0.25, 0.3) is 0 Å². The fourth-order valence-electron chi connectivity index (χ4n) is 3.62. The molecule has 1 N–H and O–H groups in total. The number of nitrogens with zero attached hydrogens (tertiary/aromatic N) is 4. The summed E-state index contributed by atoms with van der Waals surface area (Å²) in [5, 5.41) is 7.08. The molecule has 1 aliphatic rings. The highest BCUT2D eigenvalue weighted by molar-refractivity contribution is 5.78. The second-order valence-corrected chi connectivity index (χ2v) is 6.84. The summed E-state index contributed by atoms with van der Waals surface area (Å²) >= 11 is 0. The number of likely N-dealkylation sites (tertiary alicyclic amines) is 1.